The molecule has 0 unspecified atom stereocenters. The Morgan fingerprint density at radius 2 is 2.29 bits per heavy atom. The summed E-state index contributed by atoms with van der Waals surface area (Å²) in [5.74, 6) is -0.390. The highest BCUT2D eigenvalue weighted by molar-refractivity contribution is 7.11. The number of nitrogens with zero attached hydrogens (tertiary/aromatic N) is 1. The number of aromatic carboxylic acids is 1. The molecule has 1 N–H and O–H groups in total. The van der Waals surface area contributed by atoms with E-state index in [2.05, 4.69) is 4.98 Å². The van der Waals surface area contributed by atoms with E-state index in [0.29, 0.717) is 22.0 Å². The first-order valence-electron chi connectivity index (χ1n) is 4.64. The van der Waals surface area contributed by atoms with Gasteiger partial charge in [-0.15, -0.1) is 11.3 Å². The van der Waals surface area contributed by atoms with Crippen LogP contribution in [0, 0.1) is 0 Å². The standard InChI is InChI=1S/C11H8ClNO3S/c1-16-6-2-3-7(8(12)4-6)9-5-17-10(13-9)11(14)15/h2-5H,1H3,(H,14,15). The van der Waals surface area contributed by atoms with Gasteiger partial charge in [0.25, 0.3) is 0 Å². The normalized spacial score (nSPS) is 10.2. The third kappa shape index (κ3) is 2.40. The topological polar surface area (TPSA) is 59.4 Å². The van der Waals surface area contributed by atoms with E-state index in [0.717, 1.165) is 11.3 Å². The van der Waals surface area contributed by atoms with Gasteiger partial charge in [-0.2, -0.15) is 0 Å². The smallest absolute Gasteiger partial charge is 0.365 e. The number of carboxylic acid groups (broad SMARTS) is 1. The lowest BCUT2D eigenvalue weighted by Gasteiger charge is -2.03. The quantitative estimate of drug-likeness (QED) is 0.930. The Bertz CT molecular complexity index is 568. The van der Waals surface area contributed by atoms with Gasteiger partial charge in [-0.05, 0) is 18.2 Å². The first kappa shape index (κ1) is 11.9. The van der Waals surface area contributed by atoms with Crippen LogP contribution in [0.3, 0.4) is 0 Å². The molecule has 6 heteroatoms. The van der Waals surface area contributed by atoms with Crippen molar-refractivity contribution in [3.63, 3.8) is 0 Å². The average molecular weight is 270 g/mol. The van der Waals surface area contributed by atoms with Gasteiger partial charge in [0.2, 0.25) is 5.01 Å². The van der Waals surface area contributed by atoms with Gasteiger partial charge in [0.15, 0.2) is 0 Å². The van der Waals surface area contributed by atoms with Gasteiger partial charge in [-0.25, -0.2) is 9.78 Å². The number of hydrogen-bond donors (Lipinski definition) is 1. The molecule has 0 saturated heterocycles. The Hall–Kier alpha value is -1.59. The minimum atomic E-state index is -1.04. The molecule has 0 aliphatic heterocycles. The second kappa shape index (κ2) is 4.73. The predicted octanol–water partition coefficient (Wildman–Crippen LogP) is 3.17. The van der Waals surface area contributed by atoms with E-state index in [1.165, 1.54) is 0 Å². The van der Waals surface area contributed by atoms with Crippen LogP contribution in [0.1, 0.15) is 9.80 Å². The molecule has 0 saturated carbocycles. The Labute approximate surface area is 106 Å². The van der Waals surface area contributed by atoms with Gasteiger partial charge < -0.3 is 9.84 Å². The molecule has 2 rings (SSSR count). The summed E-state index contributed by atoms with van der Waals surface area (Å²) in [6.45, 7) is 0. The van der Waals surface area contributed by atoms with Crippen molar-refractivity contribution >= 4 is 28.9 Å². The molecule has 2 aromatic rings. The van der Waals surface area contributed by atoms with E-state index >= 15 is 0 Å². The monoisotopic (exact) mass is 269 g/mol. The van der Waals surface area contributed by atoms with Crippen molar-refractivity contribution in [3.8, 4) is 17.0 Å². The van der Waals surface area contributed by atoms with E-state index in [1.54, 1.807) is 30.7 Å². The fourth-order valence-electron chi connectivity index (χ4n) is 1.33. The molecule has 0 bridgehead atoms. The van der Waals surface area contributed by atoms with Crippen LogP contribution in [-0.2, 0) is 0 Å². The Kier molecular flexibility index (Phi) is 3.31. The highest BCUT2D eigenvalue weighted by Crippen LogP contribution is 2.31. The van der Waals surface area contributed by atoms with Crippen LogP contribution in [0.5, 0.6) is 5.75 Å². The van der Waals surface area contributed by atoms with Crippen LogP contribution in [0.25, 0.3) is 11.3 Å². The van der Waals surface area contributed by atoms with Crippen LogP contribution in [0.2, 0.25) is 5.02 Å². The number of hydrogen-bond acceptors (Lipinski definition) is 4. The summed E-state index contributed by atoms with van der Waals surface area (Å²) in [4.78, 5) is 14.7. The van der Waals surface area contributed by atoms with Crippen LogP contribution in [0.4, 0.5) is 0 Å². The number of aromatic nitrogens is 1. The van der Waals surface area contributed by atoms with Crippen molar-refractivity contribution in [1.29, 1.82) is 0 Å². The molecule has 0 aliphatic rings. The second-order valence-corrected chi connectivity index (χ2v) is 4.45. The summed E-state index contributed by atoms with van der Waals surface area (Å²) in [6, 6.07) is 5.17. The van der Waals surface area contributed by atoms with E-state index in [-0.39, 0.29) is 5.01 Å². The molecule has 0 aliphatic carbocycles. The summed E-state index contributed by atoms with van der Waals surface area (Å²) in [5, 5.41) is 11.0. The van der Waals surface area contributed by atoms with E-state index < -0.39 is 5.97 Å². The zero-order chi connectivity index (χ0) is 12.4. The largest absolute Gasteiger partial charge is 0.497 e. The minimum Gasteiger partial charge on any atom is -0.497 e. The predicted molar refractivity (Wildman–Crippen MR) is 66.1 cm³/mol. The molecule has 88 valence electrons. The summed E-state index contributed by atoms with van der Waals surface area (Å²) >= 11 is 7.14. The molecule has 0 amide bonds. The maximum absolute atomic E-state index is 10.7. The third-order valence-electron chi connectivity index (χ3n) is 2.14. The van der Waals surface area contributed by atoms with E-state index in [1.807, 2.05) is 0 Å². The van der Waals surface area contributed by atoms with Crippen molar-refractivity contribution < 1.29 is 14.6 Å². The summed E-state index contributed by atoms with van der Waals surface area (Å²) in [7, 11) is 1.55. The fourth-order valence-corrected chi connectivity index (χ4v) is 2.25. The van der Waals surface area contributed by atoms with Crippen molar-refractivity contribution in [2.24, 2.45) is 0 Å². The molecule has 0 atom stereocenters. The highest BCUT2D eigenvalue weighted by atomic mass is 35.5. The molecule has 1 aromatic carbocycles. The van der Waals surface area contributed by atoms with Crippen molar-refractivity contribution in [1.82, 2.24) is 4.98 Å². The number of carbonyl (C=O) groups is 1. The summed E-state index contributed by atoms with van der Waals surface area (Å²) in [5.41, 5.74) is 1.25. The molecular formula is C11H8ClNO3S. The number of rotatable bonds is 3. The van der Waals surface area contributed by atoms with Crippen molar-refractivity contribution in [2.45, 2.75) is 0 Å². The number of carboxylic acids is 1. The Morgan fingerprint density at radius 1 is 1.53 bits per heavy atom. The van der Waals surface area contributed by atoms with Crippen LogP contribution in [0.15, 0.2) is 23.6 Å². The van der Waals surface area contributed by atoms with E-state index in [9.17, 15) is 4.79 Å². The number of ether oxygens (including phenoxy) is 1. The molecule has 4 nitrogen and oxygen atoms in total. The molecule has 1 aromatic heterocycles. The zero-order valence-electron chi connectivity index (χ0n) is 8.81. The fraction of sp³-hybridized carbons (Fsp3) is 0.0909. The third-order valence-corrected chi connectivity index (χ3v) is 3.28. The van der Waals surface area contributed by atoms with Gasteiger partial charge in [0, 0.05) is 10.9 Å². The molecule has 0 spiro atoms. The molecule has 17 heavy (non-hydrogen) atoms. The molecule has 0 radical (unpaired) electrons. The second-order valence-electron chi connectivity index (χ2n) is 3.19. The van der Waals surface area contributed by atoms with Crippen LogP contribution < -0.4 is 4.74 Å². The first-order chi connectivity index (χ1) is 8.11. The number of methoxy groups -OCH3 is 1. The van der Waals surface area contributed by atoms with Crippen molar-refractivity contribution in [2.75, 3.05) is 7.11 Å². The zero-order valence-corrected chi connectivity index (χ0v) is 10.4. The maximum atomic E-state index is 10.7. The number of halogens is 1. The first-order valence-corrected chi connectivity index (χ1v) is 5.90. The summed E-state index contributed by atoms with van der Waals surface area (Å²) in [6.07, 6.45) is 0. The Balaban J connectivity index is 2.42. The van der Waals surface area contributed by atoms with Gasteiger partial charge in [0.05, 0.1) is 17.8 Å². The summed E-state index contributed by atoms with van der Waals surface area (Å²) < 4.78 is 5.03. The average Bonchev–Trinajstić information content (AvgIpc) is 2.78. The minimum absolute atomic E-state index is 0.0480. The van der Waals surface area contributed by atoms with Gasteiger partial charge in [-0.3, -0.25) is 0 Å². The van der Waals surface area contributed by atoms with Gasteiger partial charge in [-0.1, -0.05) is 11.6 Å². The van der Waals surface area contributed by atoms with Crippen LogP contribution in [-0.4, -0.2) is 23.2 Å². The molecule has 0 fully saturated rings. The van der Waals surface area contributed by atoms with Gasteiger partial charge >= 0.3 is 5.97 Å². The lowest BCUT2D eigenvalue weighted by Crippen LogP contribution is -1.94. The Morgan fingerprint density at radius 3 is 2.82 bits per heavy atom. The molecule has 1 heterocycles. The maximum Gasteiger partial charge on any atom is 0.365 e. The lowest BCUT2D eigenvalue weighted by atomic mass is 10.1. The highest BCUT2D eigenvalue weighted by Gasteiger charge is 2.12. The SMILES string of the molecule is COc1ccc(-c2csc(C(=O)O)n2)c(Cl)c1. The van der Waals surface area contributed by atoms with Crippen molar-refractivity contribution in [3.05, 3.63) is 33.6 Å². The number of thiazole rings is 1. The number of benzene rings is 1. The lowest BCUT2D eigenvalue weighted by molar-refractivity contribution is 0.0696. The molecular weight excluding hydrogens is 262 g/mol. The van der Waals surface area contributed by atoms with Crippen LogP contribution >= 0.6 is 22.9 Å². The van der Waals surface area contributed by atoms with E-state index in [4.69, 9.17) is 21.4 Å². The van der Waals surface area contributed by atoms with Gasteiger partial charge in [0.1, 0.15) is 5.75 Å².